The first kappa shape index (κ1) is 20.0. The van der Waals surface area contributed by atoms with Gasteiger partial charge >= 0.3 is 5.97 Å². The van der Waals surface area contributed by atoms with E-state index in [1.807, 2.05) is 12.3 Å². The van der Waals surface area contributed by atoms with E-state index >= 15 is 0 Å². The van der Waals surface area contributed by atoms with Gasteiger partial charge in [-0.3, -0.25) is 14.4 Å². The summed E-state index contributed by atoms with van der Waals surface area (Å²) in [4.78, 5) is 35.2. The number of aliphatic carboxylic acids is 1. The molecule has 1 rings (SSSR count). The van der Waals surface area contributed by atoms with Crippen LogP contribution in [0.4, 0.5) is 0 Å². The van der Waals surface area contributed by atoms with E-state index in [1.165, 1.54) is 11.8 Å². The van der Waals surface area contributed by atoms with E-state index in [2.05, 4.69) is 5.32 Å². The van der Waals surface area contributed by atoms with Crippen molar-refractivity contribution in [1.82, 2.24) is 5.32 Å². The molecule has 1 aromatic carbocycles. The lowest BCUT2D eigenvalue weighted by molar-refractivity contribution is -0.142. The van der Waals surface area contributed by atoms with E-state index in [0.29, 0.717) is 12.2 Å². The van der Waals surface area contributed by atoms with Crippen molar-refractivity contribution < 1.29 is 19.5 Å². The molecule has 1 aromatic rings. The summed E-state index contributed by atoms with van der Waals surface area (Å²) in [5, 5.41) is 11.6. The second-order valence-electron chi connectivity index (χ2n) is 5.60. The van der Waals surface area contributed by atoms with Gasteiger partial charge in [0.1, 0.15) is 11.6 Å². The molecule has 0 aliphatic heterocycles. The first-order chi connectivity index (χ1) is 11.3. The molecule has 24 heavy (non-hydrogen) atoms. The zero-order chi connectivity index (χ0) is 18.2. The van der Waals surface area contributed by atoms with Gasteiger partial charge in [-0.05, 0) is 30.4 Å². The molecule has 0 aromatic heterocycles. The molecule has 132 valence electrons. The van der Waals surface area contributed by atoms with Crippen molar-refractivity contribution in [1.29, 1.82) is 0 Å². The Hall–Kier alpha value is -2.06. The normalized spacial score (nSPS) is 14.4. The van der Waals surface area contributed by atoms with Gasteiger partial charge in [0.05, 0.1) is 6.42 Å². The van der Waals surface area contributed by atoms with Crippen LogP contribution in [0.1, 0.15) is 18.4 Å². The van der Waals surface area contributed by atoms with Crippen LogP contribution in [0.25, 0.3) is 0 Å². The highest BCUT2D eigenvalue weighted by Gasteiger charge is 2.38. The molecular formula is C16H23N3O4S. The molecule has 0 bridgehead atoms. The van der Waals surface area contributed by atoms with Crippen molar-refractivity contribution in [3.05, 3.63) is 35.9 Å². The topological polar surface area (TPSA) is 136 Å². The van der Waals surface area contributed by atoms with Gasteiger partial charge in [-0.2, -0.15) is 11.8 Å². The molecular weight excluding hydrogens is 330 g/mol. The predicted octanol–water partition coefficient (Wildman–Crippen LogP) is 0.125. The lowest BCUT2D eigenvalue weighted by Crippen LogP contribution is -2.60. The summed E-state index contributed by atoms with van der Waals surface area (Å²) in [5.41, 5.74) is 10.5. The summed E-state index contributed by atoms with van der Waals surface area (Å²) in [5.74, 6) is -1.93. The largest absolute Gasteiger partial charge is 0.481 e. The Morgan fingerprint density at radius 3 is 2.42 bits per heavy atom. The highest BCUT2D eigenvalue weighted by Crippen LogP contribution is 2.16. The van der Waals surface area contributed by atoms with Crippen LogP contribution in [0, 0.1) is 0 Å². The van der Waals surface area contributed by atoms with E-state index in [4.69, 9.17) is 16.6 Å². The molecule has 8 heteroatoms. The van der Waals surface area contributed by atoms with E-state index in [9.17, 15) is 14.4 Å². The molecule has 7 nitrogen and oxygen atoms in total. The van der Waals surface area contributed by atoms with Gasteiger partial charge in [-0.1, -0.05) is 30.3 Å². The molecule has 0 radical (unpaired) electrons. The minimum absolute atomic E-state index is 0.0416. The molecule has 0 saturated heterocycles. The Bertz CT molecular complexity index is 582. The second kappa shape index (κ2) is 9.29. The van der Waals surface area contributed by atoms with Crippen molar-refractivity contribution in [3.8, 4) is 0 Å². The highest BCUT2D eigenvalue weighted by atomic mass is 32.2. The number of carboxylic acids is 1. The van der Waals surface area contributed by atoms with Crippen molar-refractivity contribution in [2.75, 3.05) is 12.0 Å². The number of carbonyl (C=O) groups excluding carboxylic acids is 2. The molecule has 2 atom stereocenters. The maximum absolute atomic E-state index is 12.6. The lowest BCUT2D eigenvalue weighted by atomic mass is 9.87. The molecule has 6 N–H and O–H groups in total. The van der Waals surface area contributed by atoms with E-state index in [0.717, 1.165) is 5.56 Å². The third kappa shape index (κ3) is 6.21. The van der Waals surface area contributed by atoms with Crippen LogP contribution < -0.4 is 16.8 Å². The molecule has 0 heterocycles. The van der Waals surface area contributed by atoms with Crippen molar-refractivity contribution in [2.24, 2.45) is 11.5 Å². The third-order valence-corrected chi connectivity index (χ3v) is 4.18. The van der Waals surface area contributed by atoms with Crippen LogP contribution in [0.5, 0.6) is 0 Å². The number of benzene rings is 1. The number of hydrogen-bond donors (Lipinski definition) is 4. The number of rotatable bonds is 10. The molecule has 0 aliphatic carbocycles. The van der Waals surface area contributed by atoms with Crippen molar-refractivity contribution >= 4 is 29.5 Å². The summed E-state index contributed by atoms with van der Waals surface area (Å²) in [6.07, 6.45) is 1.71. The minimum atomic E-state index is -1.67. The van der Waals surface area contributed by atoms with E-state index in [1.54, 1.807) is 24.3 Å². The maximum atomic E-state index is 12.6. The number of amides is 2. The summed E-state index contributed by atoms with van der Waals surface area (Å²) < 4.78 is 0. The monoisotopic (exact) mass is 353 g/mol. The van der Waals surface area contributed by atoms with Gasteiger partial charge in [0.15, 0.2) is 0 Å². The Kier molecular flexibility index (Phi) is 7.73. The van der Waals surface area contributed by atoms with Gasteiger partial charge in [0.25, 0.3) is 0 Å². The quantitative estimate of drug-likeness (QED) is 0.472. The van der Waals surface area contributed by atoms with Crippen LogP contribution in [0.2, 0.25) is 0 Å². The third-order valence-electron chi connectivity index (χ3n) is 3.54. The average Bonchev–Trinajstić information content (AvgIpc) is 2.50. The fourth-order valence-electron chi connectivity index (χ4n) is 2.28. The van der Waals surface area contributed by atoms with Gasteiger partial charge in [-0.25, -0.2) is 0 Å². The highest BCUT2D eigenvalue weighted by molar-refractivity contribution is 7.98. The summed E-state index contributed by atoms with van der Waals surface area (Å²) in [7, 11) is 0. The lowest BCUT2D eigenvalue weighted by Gasteiger charge is -2.28. The van der Waals surface area contributed by atoms with Crippen LogP contribution in [-0.2, 0) is 20.8 Å². The fourth-order valence-corrected chi connectivity index (χ4v) is 2.75. The average molecular weight is 353 g/mol. The van der Waals surface area contributed by atoms with Crippen molar-refractivity contribution in [2.45, 2.75) is 30.8 Å². The number of carboxylic acid groups (broad SMARTS) is 1. The standard InChI is InChI=1S/C16H23N3O4S/c1-24-8-7-12(14(17)22)19-15(23)16(18,10-13(20)21)9-11-5-3-2-4-6-11/h2-6,12H,7-10,18H2,1H3,(H2,17,22)(H,19,23)(H,20,21)/t12-,16-/m0/s1. The zero-order valence-electron chi connectivity index (χ0n) is 13.5. The minimum Gasteiger partial charge on any atom is -0.481 e. The van der Waals surface area contributed by atoms with Gasteiger partial charge in [0.2, 0.25) is 11.8 Å². The smallest absolute Gasteiger partial charge is 0.305 e. The van der Waals surface area contributed by atoms with E-state index < -0.39 is 35.8 Å². The number of hydrogen-bond acceptors (Lipinski definition) is 5. The zero-order valence-corrected chi connectivity index (χ0v) is 14.3. The Balaban J connectivity index is 2.94. The molecule has 0 fully saturated rings. The molecule has 0 saturated carbocycles. The van der Waals surface area contributed by atoms with Gasteiger partial charge < -0.3 is 21.9 Å². The van der Waals surface area contributed by atoms with Crippen LogP contribution in [0.15, 0.2) is 30.3 Å². The number of primary amides is 1. The molecule has 0 spiro atoms. The molecule has 2 amide bonds. The summed E-state index contributed by atoms with van der Waals surface area (Å²) in [6, 6.07) is 8.01. The van der Waals surface area contributed by atoms with Gasteiger partial charge in [-0.15, -0.1) is 0 Å². The van der Waals surface area contributed by atoms with Crippen LogP contribution >= 0.6 is 11.8 Å². The van der Waals surface area contributed by atoms with Crippen molar-refractivity contribution in [3.63, 3.8) is 0 Å². The number of carbonyl (C=O) groups is 3. The van der Waals surface area contributed by atoms with Crippen LogP contribution in [-0.4, -0.2) is 46.5 Å². The SMILES string of the molecule is CSCC[C@H](NC(=O)[C@@](N)(CC(=O)O)Cc1ccccc1)C(N)=O. The van der Waals surface area contributed by atoms with E-state index in [-0.39, 0.29) is 6.42 Å². The predicted molar refractivity (Wildman–Crippen MR) is 93.4 cm³/mol. The Morgan fingerprint density at radius 1 is 1.29 bits per heavy atom. The second-order valence-corrected chi connectivity index (χ2v) is 6.58. The Morgan fingerprint density at radius 2 is 1.92 bits per heavy atom. The van der Waals surface area contributed by atoms with Crippen LogP contribution in [0.3, 0.4) is 0 Å². The summed E-state index contributed by atoms with van der Waals surface area (Å²) >= 11 is 1.51. The first-order valence-electron chi connectivity index (χ1n) is 7.42. The first-order valence-corrected chi connectivity index (χ1v) is 8.81. The molecule has 0 unspecified atom stereocenters. The Labute approximate surface area is 145 Å². The maximum Gasteiger partial charge on any atom is 0.305 e. The number of nitrogens with one attached hydrogen (secondary N) is 1. The fraction of sp³-hybridized carbons (Fsp3) is 0.438. The van der Waals surface area contributed by atoms with Gasteiger partial charge in [0, 0.05) is 0 Å². The summed E-state index contributed by atoms with van der Waals surface area (Å²) in [6.45, 7) is 0. The number of nitrogens with two attached hydrogens (primary N) is 2. The molecule has 0 aliphatic rings. The number of thioether (sulfide) groups is 1.